The van der Waals surface area contributed by atoms with Gasteiger partial charge in [0.25, 0.3) is 5.89 Å². The van der Waals surface area contributed by atoms with Gasteiger partial charge in [0.05, 0.1) is 11.9 Å². The minimum absolute atomic E-state index is 0.409. The molecule has 0 saturated heterocycles. The largest absolute Gasteiger partial charge is 0.334 e. The van der Waals surface area contributed by atoms with Gasteiger partial charge in [-0.25, -0.2) is 8.42 Å². The van der Waals surface area contributed by atoms with Crippen LogP contribution in [0.25, 0.3) is 22.8 Å². The first-order valence-electron chi connectivity index (χ1n) is 8.70. The number of anilines is 1. The summed E-state index contributed by atoms with van der Waals surface area (Å²) in [6, 6.07) is 13.2. The lowest BCUT2D eigenvalue weighted by molar-refractivity contribution is 0.432. The molecule has 0 unspecified atom stereocenters. The fourth-order valence-electron chi connectivity index (χ4n) is 3.29. The van der Waals surface area contributed by atoms with Gasteiger partial charge in [0, 0.05) is 24.2 Å². The van der Waals surface area contributed by atoms with E-state index in [1.54, 1.807) is 0 Å². The van der Waals surface area contributed by atoms with Gasteiger partial charge in [0.15, 0.2) is 0 Å². The maximum Gasteiger partial charge on any atom is 0.258 e. The summed E-state index contributed by atoms with van der Waals surface area (Å²) in [4.78, 5) is 4.48. The normalized spacial score (nSPS) is 14.2. The molecule has 2 heterocycles. The molecule has 3 aromatic rings. The van der Waals surface area contributed by atoms with Gasteiger partial charge >= 0.3 is 0 Å². The molecule has 0 saturated carbocycles. The lowest BCUT2D eigenvalue weighted by atomic mass is 10.0. The number of benzene rings is 2. The van der Waals surface area contributed by atoms with Crippen LogP contribution in [0.3, 0.4) is 0 Å². The van der Waals surface area contributed by atoms with E-state index in [9.17, 15) is 8.42 Å². The van der Waals surface area contributed by atoms with E-state index in [0.717, 1.165) is 40.8 Å². The quantitative estimate of drug-likeness (QED) is 0.742. The number of rotatable bonds is 4. The Balaban J connectivity index is 1.66. The molecule has 0 aliphatic carbocycles. The van der Waals surface area contributed by atoms with Crippen LogP contribution >= 0.6 is 0 Å². The van der Waals surface area contributed by atoms with E-state index in [0.29, 0.717) is 24.8 Å². The van der Waals surface area contributed by atoms with E-state index in [1.807, 2.05) is 42.5 Å². The molecule has 1 aliphatic rings. The number of hydrogen-bond donors (Lipinski definition) is 1. The van der Waals surface area contributed by atoms with Gasteiger partial charge < -0.3 is 10.3 Å². The second-order valence-corrected chi connectivity index (χ2v) is 8.51. The highest BCUT2D eigenvalue weighted by atomic mass is 32.2. The number of hydrogen-bond acceptors (Lipinski definition) is 6. The zero-order valence-electron chi connectivity index (χ0n) is 14.9. The van der Waals surface area contributed by atoms with Gasteiger partial charge in [-0.15, -0.1) is 0 Å². The Labute approximate surface area is 157 Å². The van der Waals surface area contributed by atoms with Gasteiger partial charge in [-0.1, -0.05) is 29.4 Å². The van der Waals surface area contributed by atoms with Crippen molar-refractivity contribution < 1.29 is 12.9 Å². The van der Waals surface area contributed by atoms with E-state index in [4.69, 9.17) is 10.3 Å². The number of nitrogens with zero attached hydrogens (tertiary/aromatic N) is 3. The highest BCUT2D eigenvalue weighted by Crippen LogP contribution is 2.33. The maximum atomic E-state index is 12.0. The predicted molar refractivity (Wildman–Crippen MR) is 104 cm³/mol. The average Bonchev–Trinajstić information content (AvgIpc) is 3.16. The van der Waals surface area contributed by atoms with Gasteiger partial charge in [-0.2, -0.15) is 4.98 Å². The lowest BCUT2D eigenvalue weighted by Crippen LogP contribution is -2.34. The Bertz CT molecular complexity index is 1070. The topological polar surface area (TPSA) is 102 Å². The Morgan fingerprint density at radius 3 is 2.59 bits per heavy atom. The molecule has 0 bridgehead atoms. The molecule has 140 valence electrons. The minimum Gasteiger partial charge on any atom is -0.334 e. The summed E-state index contributed by atoms with van der Waals surface area (Å²) in [5.74, 6) is 0.913. The van der Waals surface area contributed by atoms with Crippen LogP contribution in [0, 0.1) is 0 Å². The van der Waals surface area contributed by atoms with Crippen molar-refractivity contribution in [3.05, 3.63) is 53.6 Å². The van der Waals surface area contributed by atoms with Crippen LogP contribution in [0.4, 0.5) is 5.69 Å². The standard InChI is InChI=1S/C19H20N4O3S/c1-27(24,25)23-10-2-3-15-11-16(8-9-17(15)23)19-21-18(22-26-19)14-6-4-13(12-20)5-7-14/h4-9,11H,2-3,10,12,20H2,1H3. The number of nitrogens with two attached hydrogens (primary N) is 1. The van der Waals surface area contributed by atoms with E-state index in [2.05, 4.69) is 10.1 Å². The molecule has 0 fully saturated rings. The summed E-state index contributed by atoms with van der Waals surface area (Å²) in [7, 11) is -3.28. The molecule has 27 heavy (non-hydrogen) atoms. The predicted octanol–water partition coefficient (Wildman–Crippen LogP) is 2.57. The zero-order valence-corrected chi connectivity index (χ0v) is 15.7. The average molecular weight is 384 g/mol. The van der Waals surface area contributed by atoms with Crippen molar-refractivity contribution in [2.24, 2.45) is 5.73 Å². The van der Waals surface area contributed by atoms with E-state index in [1.165, 1.54) is 10.6 Å². The van der Waals surface area contributed by atoms with Gasteiger partial charge in [0.2, 0.25) is 15.8 Å². The van der Waals surface area contributed by atoms with Crippen molar-refractivity contribution in [2.45, 2.75) is 19.4 Å². The molecule has 1 aromatic heterocycles. The van der Waals surface area contributed by atoms with Crippen LogP contribution in [0.2, 0.25) is 0 Å². The molecular weight excluding hydrogens is 364 g/mol. The molecule has 0 spiro atoms. The molecule has 1 aliphatic heterocycles. The summed E-state index contributed by atoms with van der Waals surface area (Å²) in [5, 5.41) is 4.06. The first kappa shape index (κ1) is 17.7. The molecule has 2 N–H and O–H groups in total. The van der Waals surface area contributed by atoms with Crippen LogP contribution in [0.5, 0.6) is 0 Å². The van der Waals surface area contributed by atoms with Gasteiger partial charge in [0.1, 0.15) is 0 Å². The van der Waals surface area contributed by atoms with Crippen LogP contribution in [-0.4, -0.2) is 31.4 Å². The fourth-order valence-corrected chi connectivity index (χ4v) is 4.28. The second-order valence-electron chi connectivity index (χ2n) is 6.61. The highest BCUT2D eigenvalue weighted by molar-refractivity contribution is 7.92. The van der Waals surface area contributed by atoms with E-state index >= 15 is 0 Å². The smallest absolute Gasteiger partial charge is 0.258 e. The minimum atomic E-state index is -3.28. The molecule has 7 nitrogen and oxygen atoms in total. The maximum absolute atomic E-state index is 12.0. The van der Waals surface area contributed by atoms with Crippen LogP contribution in [0.1, 0.15) is 17.5 Å². The molecule has 0 atom stereocenters. The summed E-state index contributed by atoms with van der Waals surface area (Å²) in [6.45, 7) is 0.992. The first-order chi connectivity index (χ1) is 13.0. The Hall–Kier alpha value is -2.71. The monoisotopic (exact) mass is 384 g/mol. The van der Waals surface area contributed by atoms with E-state index < -0.39 is 10.0 Å². The van der Waals surface area contributed by atoms with Gasteiger partial charge in [-0.3, -0.25) is 4.31 Å². The number of aromatic nitrogens is 2. The molecule has 0 amide bonds. The summed E-state index contributed by atoms with van der Waals surface area (Å²) in [5.41, 5.74) is 9.98. The molecular formula is C19H20N4O3S. The number of fused-ring (bicyclic) bond motifs is 1. The Kier molecular flexibility index (Phi) is 4.45. The van der Waals surface area contributed by atoms with Crippen molar-refractivity contribution in [3.63, 3.8) is 0 Å². The Morgan fingerprint density at radius 2 is 1.89 bits per heavy atom. The first-order valence-corrected chi connectivity index (χ1v) is 10.5. The zero-order chi connectivity index (χ0) is 19.0. The third-order valence-electron chi connectivity index (χ3n) is 4.68. The Morgan fingerprint density at radius 1 is 1.15 bits per heavy atom. The molecule has 4 rings (SSSR count). The third kappa shape index (κ3) is 3.45. The van der Waals surface area contributed by atoms with E-state index in [-0.39, 0.29) is 0 Å². The SMILES string of the molecule is CS(=O)(=O)N1CCCc2cc(-c3nc(-c4ccc(CN)cc4)no3)ccc21. The van der Waals surface area contributed by atoms with Crippen LogP contribution < -0.4 is 10.0 Å². The van der Waals surface area contributed by atoms with Gasteiger partial charge in [-0.05, 0) is 42.2 Å². The lowest BCUT2D eigenvalue weighted by Gasteiger charge is -2.29. The van der Waals surface area contributed by atoms with Crippen LogP contribution in [0.15, 0.2) is 47.0 Å². The summed E-state index contributed by atoms with van der Waals surface area (Å²) in [6.07, 6.45) is 2.83. The highest BCUT2D eigenvalue weighted by Gasteiger charge is 2.24. The second kappa shape index (κ2) is 6.79. The molecule has 0 radical (unpaired) electrons. The fraction of sp³-hybridized carbons (Fsp3) is 0.263. The van der Waals surface area contributed by atoms with Crippen molar-refractivity contribution in [1.29, 1.82) is 0 Å². The summed E-state index contributed by atoms with van der Waals surface area (Å²) >= 11 is 0. The van der Waals surface area contributed by atoms with Crippen molar-refractivity contribution >= 4 is 15.7 Å². The van der Waals surface area contributed by atoms with Crippen LogP contribution in [-0.2, 0) is 23.0 Å². The molecule has 2 aromatic carbocycles. The van der Waals surface area contributed by atoms with Crippen molar-refractivity contribution in [1.82, 2.24) is 10.1 Å². The van der Waals surface area contributed by atoms with Crippen molar-refractivity contribution in [2.75, 3.05) is 17.1 Å². The van der Waals surface area contributed by atoms with Crippen molar-refractivity contribution in [3.8, 4) is 22.8 Å². The number of sulfonamides is 1. The molecule has 8 heteroatoms. The summed E-state index contributed by atoms with van der Waals surface area (Å²) < 4.78 is 30.9. The third-order valence-corrected chi connectivity index (χ3v) is 5.86. The number of aryl methyl sites for hydroxylation is 1.